The second kappa shape index (κ2) is 6.15. The summed E-state index contributed by atoms with van der Waals surface area (Å²) < 4.78 is 0. The summed E-state index contributed by atoms with van der Waals surface area (Å²) in [6.07, 6.45) is -0.901. The first kappa shape index (κ1) is 14.2. The molecule has 0 radical (unpaired) electrons. The van der Waals surface area contributed by atoms with Gasteiger partial charge in [-0.2, -0.15) is 0 Å². The summed E-state index contributed by atoms with van der Waals surface area (Å²) in [5.74, 6) is 0. The summed E-state index contributed by atoms with van der Waals surface area (Å²) in [4.78, 5) is 0. The summed E-state index contributed by atoms with van der Waals surface area (Å²) in [7, 11) is 0. The van der Waals surface area contributed by atoms with Crippen molar-refractivity contribution in [3.63, 3.8) is 0 Å². The fourth-order valence-corrected chi connectivity index (χ4v) is 2.06. The highest BCUT2D eigenvalue weighted by Crippen LogP contribution is 2.40. The molecule has 0 aromatic heterocycles. The predicted molar refractivity (Wildman–Crippen MR) is 68.1 cm³/mol. The van der Waals surface area contributed by atoms with Crippen molar-refractivity contribution in [2.75, 3.05) is 18.5 Å². The molecule has 3 nitrogen and oxygen atoms in total. The maximum absolute atomic E-state index is 9.17. The molecule has 0 saturated carbocycles. The van der Waals surface area contributed by atoms with Crippen molar-refractivity contribution in [2.45, 2.75) is 6.10 Å². The van der Waals surface area contributed by atoms with E-state index in [2.05, 4.69) is 5.32 Å². The van der Waals surface area contributed by atoms with E-state index in [1.165, 1.54) is 6.07 Å². The van der Waals surface area contributed by atoms with Gasteiger partial charge in [0.2, 0.25) is 0 Å². The lowest BCUT2D eigenvalue weighted by molar-refractivity contribution is 0.105. The van der Waals surface area contributed by atoms with Crippen molar-refractivity contribution in [1.29, 1.82) is 0 Å². The number of aliphatic hydroxyl groups is 2. The number of nitrogens with one attached hydrogen (secondary N) is 1. The highest BCUT2D eigenvalue weighted by molar-refractivity contribution is 6.51. The van der Waals surface area contributed by atoms with Crippen molar-refractivity contribution >= 4 is 52.1 Å². The van der Waals surface area contributed by atoms with Crippen LogP contribution in [0.25, 0.3) is 0 Å². The van der Waals surface area contributed by atoms with Crippen LogP contribution in [0.2, 0.25) is 20.1 Å². The minimum atomic E-state index is -0.901. The van der Waals surface area contributed by atoms with Gasteiger partial charge in [0.1, 0.15) is 0 Å². The first-order chi connectivity index (χ1) is 7.47. The van der Waals surface area contributed by atoms with E-state index < -0.39 is 6.10 Å². The normalized spacial score (nSPS) is 12.6. The molecule has 0 aliphatic rings. The van der Waals surface area contributed by atoms with Crippen LogP contribution in [0.4, 0.5) is 5.69 Å². The zero-order valence-corrected chi connectivity index (χ0v) is 11.0. The lowest BCUT2D eigenvalue weighted by atomic mass is 10.3. The van der Waals surface area contributed by atoms with E-state index in [1.54, 1.807) is 0 Å². The highest BCUT2D eigenvalue weighted by atomic mass is 35.5. The standard InChI is InChI=1S/C9H9Cl4NO2/c10-5-1-6(11)9(8(13)7(5)12)14-2-4(16)3-15/h1,4,14-16H,2-3H2. The van der Waals surface area contributed by atoms with Crippen LogP contribution in [-0.2, 0) is 0 Å². The lowest BCUT2D eigenvalue weighted by Gasteiger charge is -2.14. The fourth-order valence-electron chi connectivity index (χ4n) is 1.01. The molecule has 0 heterocycles. The molecule has 0 aliphatic heterocycles. The zero-order valence-electron chi connectivity index (χ0n) is 7.98. The molecule has 7 heteroatoms. The molecule has 0 fully saturated rings. The molecule has 0 saturated heterocycles. The van der Waals surface area contributed by atoms with Gasteiger partial charge in [0.05, 0.1) is 38.5 Å². The Hall–Kier alpha value is 0.1000. The fraction of sp³-hybridized carbons (Fsp3) is 0.333. The Morgan fingerprint density at radius 1 is 1.12 bits per heavy atom. The first-order valence-electron chi connectivity index (χ1n) is 4.33. The van der Waals surface area contributed by atoms with Crippen LogP contribution in [0, 0.1) is 0 Å². The molecular weight excluding hydrogens is 296 g/mol. The van der Waals surface area contributed by atoms with E-state index in [9.17, 15) is 0 Å². The van der Waals surface area contributed by atoms with Gasteiger partial charge in [-0.15, -0.1) is 0 Å². The monoisotopic (exact) mass is 303 g/mol. The largest absolute Gasteiger partial charge is 0.394 e. The van der Waals surface area contributed by atoms with Gasteiger partial charge >= 0.3 is 0 Å². The van der Waals surface area contributed by atoms with Gasteiger partial charge in [0.25, 0.3) is 0 Å². The van der Waals surface area contributed by atoms with Crippen molar-refractivity contribution in [1.82, 2.24) is 0 Å². The number of halogens is 4. The Bertz CT molecular complexity index is 386. The molecule has 1 atom stereocenters. The average molecular weight is 305 g/mol. The van der Waals surface area contributed by atoms with Crippen molar-refractivity contribution < 1.29 is 10.2 Å². The summed E-state index contributed by atoms with van der Waals surface area (Å²) in [5.41, 5.74) is 0.380. The van der Waals surface area contributed by atoms with E-state index in [-0.39, 0.29) is 28.2 Å². The molecule has 0 spiro atoms. The number of aliphatic hydroxyl groups excluding tert-OH is 2. The third-order valence-corrected chi connectivity index (χ3v) is 3.40. The molecular formula is C9H9Cl4NO2. The maximum Gasteiger partial charge on any atom is 0.0942 e. The number of benzene rings is 1. The number of hydrogen-bond acceptors (Lipinski definition) is 3. The van der Waals surface area contributed by atoms with Crippen LogP contribution in [-0.4, -0.2) is 29.5 Å². The second-order valence-electron chi connectivity index (χ2n) is 3.06. The topological polar surface area (TPSA) is 52.5 Å². The van der Waals surface area contributed by atoms with E-state index in [0.717, 1.165) is 0 Å². The van der Waals surface area contributed by atoms with Crippen LogP contribution in [0.15, 0.2) is 6.07 Å². The number of hydrogen-bond donors (Lipinski definition) is 3. The smallest absolute Gasteiger partial charge is 0.0942 e. The quantitative estimate of drug-likeness (QED) is 0.592. The molecule has 90 valence electrons. The SMILES string of the molecule is OCC(O)CNc1c(Cl)cc(Cl)c(Cl)c1Cl. The van der Waals surface area contributed by atoms with Crippen molar-refractivity contribution in [2.24, 2.45) is 0 Å². The summed E-state index contributed by atoms with van der Waals surface area (Å²) in [6, 6.07) is 1.45. The van der Waals surface area contributed by atoms with Crippen LogP contribution in [0.5, 0.6) is 0 Å². The average Bonchev–Trinajstić information content (AvgIpc) is 2.25. The summed E-state index contributed by atoms with van der Waals surface area (Å²) in [6.45, 7) is -0.253. The highest BCUT2D eigenvalue weighted by Gasteiger charge is 2.14. The van der Waals surface area contributed by atoms with Gasteiger partial charge in [0.15, 0.2) is 0 Å². The van der Waals surface area contributed by atoms with Gasteiger partial charge in [-0.25, -0.2) is 0 Å². The van der Waals surface area contributed by atoms with Crippen molar-refractivity contribution in [3.8, 4) is 0 Å². The van der Waals surface area contributed by atoms with E-state index in [4.69, 9.17) is 56.6 Å². The molecule has 1 aromatic carbocycles. The molecule has 1 aromatic rings. The van der Waals surface area contributed by atoms with Gasteiger partial charge < -0.3 is 15.5 Å². The second-order valence-corrected chi connectivity index (χ2v) is 4.63. The predicted octanol–water partition coefficient (Wildman–Crippen LogP) is 3.07. The Morgan fingerprint density at radius 3 is 2.31 bits per heavy atom. The maximum atomic E-state index is 9.17. The molecule has 0 bridgehead atoms. The van der Waals surface area contributed by atoms with Crippen LogP contribution in [0.1, 0.15) is 0 Å². The van der Waals surface area contributed by atoms with Crippen molar-refractivity contribution in [3.05, 3.63) is 26.2 Å². The van der Waals surface area contributed by atoms with Crippen LogP contribution >= 0.6 is 46.4 Å². The zero-order chi connectivity index (χ0) is 12.3. The molecule has 0 aliphatic carbocycles. The van der Waals surface area contributed by atoms with E-state index in [1.807, 2.05) is 0 Å². The van der Waals surface area contributed by atoms with Crippen LogP contribution < -0.4 is 5.32 Å². The first-order valence-corrected chi connectivity index (χ1v) is 5.84. The number of anilines is 1. The van der Waals surface area contributed by atoms with Gasteiger partial charge in [-0.3, -0.25) is 0 Å². The van der Waals surface area contributed by atoms with Gasteiger partial charge in [0, 0.05) is 6.54 Å². The minimum absolute atomic E-state index is 0.105. The number of rotatable bonds is 4. The molecule has 1 unspecified atom stereocenters. The van der Waals surface area contributed by atoms with E-state index in [0.29, 0.717) is 10.7 Å². The lowest BCUT2D eigenvalue weighted by Crippen LogP contribution is -2.23. The Morgan fingerprint density at radius 2 is 1.75 bits per heavy atom. The third kappa shape index (κ3) is 3.29. The summed E-state index contributed by atoms with van der Waals surface area (Å²) >= 11 is 23.4. The molecule has 3 N–H and O–H groups in total. The van der Waals surface area contributed by atoms with E-state index >= 15 is 0 Å². The Kier molecular flexibility index (Phi) is 5.44. The summed E-state index contributed by atoms with van der Waals surface area (Å²) in [5, 5.41) is 21.5. The third-order valence-electron chi connectivity index (χ3n) is 1.84. The molecule has 1 rings (SSSR count). The Labute approximate surface area is 113 Å². The minimum Gasteiger partial charge on any atom is -0.394 e. The van der Waals surface area contributed by atoms with Gasteiger partial charge in [-0.1, -0.05) is 46.4 Å². The molecule has 16 heavy (non-hydrogen) atoms. The molecule has 0 amide bonds. The van der Waals surface area contributed by atoms with Crippen LogP contribution in [0.3, 0.4) is 0 Å². The Balaban J connectivity index is 2.92. The van der Waals surface area contributed by atoms with Gasteiger partial charge in [-0.05, 0) is 6.07 Å².